The summed E-state index contributed by atoms with van der Waals surface area (Å²) in [6.07, 6.45) is 1.74. The highest BCUT2D eigenvalue weighted by molar-refractivity contribution is 5.52. The molecule has 2 rings (SSSR count). The van der Waals surface area contributed by atoms with Crippen LogP contribution in [0.15, 0.2) is 30.3 Å². The quantitative estimate of drug-likeness (QED) is 0.891. The third-order valence-corrected chi connectivity index (χ3v) is 2.84. The molecule has 0 amide bonds. The van der Waals surface area contributed by atoms with Gasteiger partial charge in [0.05, 0.1) is 12.2 Å². The maximum Gasteiger partial charge on any atom is 0.140 e. The minimum atomic E-state index is 0.463. The zero-order valence-corrected chi connectivity index (χ0v) is 10.4. The lowest BCUT2D eigenvalue weighted by Gasteiger charge is -2.03. The number of hydrogen-bond acceptors (Lipinski definition) is 3. The Hall–Kier alpha value is -2.28. The van der Waals surface area contributed by atoms with E-state index in [1.54, 1.807) is 4.68 Å². The van der Waals surface area contributed by atoms with E-state index in [1.807, 2.05) is 30.3 Å². The van der Waals surface area contributed by atoms with Crippen LogP contribution < -0.4 is 5.73 Å². The van der Waals surface area contributed by atoms with Crippen molar-refractivity contribution < 1.29 is 0 Å². The second-order valence-electron chi connectivity index (χ2n) is 4.21. The average Bonchev–Trinajstić information content (AvgIpc) is 2.67. The van der Waals surface area contributed by atoms with E-state index in [-0.39, 0.29) is 0 Å². The van der Waals surface area contributed by atoms with Gasteiger partial charge in [-0.3, -0.25) is 0 Å². The van der Waals surface area contributed by atoms with Crippen LogP contribution in [0.1, 0.15) is 30.2 Å². The van der Waals surface area contributed by atoms with Gasteiger partial charge in [-0.15, -0.1) is 0 Å². The Kier molecular flexibility index (Phi) is 3.63. The van der Waals surface area contributed by atoms with E-state index in [1.165, 1.54) is 0 Å². The number of hydrogen-bond donors (Lipinski definition) is 1. The van der Waals surface area contributed by atoms with Crippen molar-refractivity contribution in [1.29, 1.82) is 5.26 Å². The molecule has 1 aromatic carbocycles. The Bertz CT molecular complexity index is 563. The Morgan fingerprint density at radius 3 is 2.67 bits per heavy atom. The van der Waals surface area contributed by atoms with Crippen molar-refractivity contribution >= 4 is 5.82 Å². The molecule has 4 nitrogen and oxygen atoms in total. The molecule has 92 valence electrons. The van der Waals surface area contributed by atoms with Gasteiger partial charge in [0.15, 0.2) is 0 Å². The van der Waals surface area contributed by atoms with Gasteiger partial charge in [0.1, 0.15) is 17.5 Å². The molecule has 0 saturated carbocycles. The minimum Gasteiger partial charge on any atom is -0.383 e. The van der Waals surface area contributed by atoms with Crippen molar-refractivity contribution in [3.05, 3.63) is 47.2 Å². The van der Waals surface area contributed by atoms with Crippen LogP contribution in [0.25, 0.3) is 0 Å². The topological polar surface area (TPSA) is 67.6 Å². The van der Waals surface area contributed by atoms with Crippen LogP contribution in [0.5, 0.6) is 0 Å². The first-order chi connectivity index (χ1) is 8.76. The van der Waals surface area contributed by atoms with Gasteiger partial charge in [0, 0.05) is 0 Å². The first-order valence-electron chi connectivity index (χ1n) is 6.05. The fourth-order valence-electron chi connectivity index (χ4n) is 1.94. The van der Waals surface area contributed by atoms with Crippen LogP contribution in [0, 0.1) is 11.3 Å². The smallest absolute Gasteiger partial charge is 0.140 e. The van der Waals surface area contributed by atoms with Gasteiger partial charge in [0.25, 0.3) is 0 Å². The molecular weight excluding hydrogens is 224 g/mol. The third-order valence-electron chi connectivity index (χ3n) is 2.84. The molecule has 2 aromatic rings. The minimum absolute atomic E-state index is 0.463. The number of aromatic nitrogens is 2. The van der Waals surface area contributed by atoms with Gasteiger partial charge in [-0.1, -0.05) is 43.7 Å². The number of nitrogen functional groups attached to an aromatic ring is 1. The Morgan fingerprint density at radius 1 is 1.33 bits per heavy atom. The summed E-state index contributed by atoms with van der Waals surface area (Å²) in [5.74, 6) is 0.463. The molecule has 0 bridgehead atoms. The van der Waals surface area contributed by atoms with E-state index in [4.69, 9.17) is 11.0 Å². The molecule has 0 aliphatic rings. The molecule has 0 radical (unpaired) electrons. The van der Waals surface area contributed by atoms with Crippen molar-refractivity contribution in [3.8, 4) is 6.07 Å². The number of nitriles is 1. The molecular formula is C14H16N4. The summed E-state index contributed by atoms with van der Waals surface area (Å²) in [6, 6.07) is 12.1. The van der Waals surface area contributed by atoms with Crippen LogP contribution in [-0.4, -0.2) is 9.78 Å². The molecule has 0 spiro atoms. The van der Waals surface area contributed by atoms with E-state index in [2.05, 4.69) is 18.1 Å². The molecule has 4 heteroatoms. The van der Waals surface area contributed by atoms with Gasteiger partial charge >= 0.3 is 0 Å². The van der Waals surface area contributed by atoms with Gasteiger partial charge in [-0.25, -0.2) is 4.68 Å². The lowest BCUT2D eigenvalue weighted by molar-refractivity contribution is 0.676. The molecule has 2 N–H and O–H groups in total. The maximum absolute atomic E-state index is 9.12. The van der Waals surface area contributed by atoms with Crippen LogP contribution in [0.2, 0.25) is 0 Å². The van der Waals surface area contributed by atoms with Gasteiger partial charge < -0.3 is 5.73 Å². The number of anilines is 1. The SMILES string of the molecule is CCCc1nn(Cc2ccccc2)c(N)c1C#N. The summed E-state index contributed by atoms with van der Waals surface area (Å²) >= 11 is 0. The van der Waals surface area contributed by atoms with Crippen molar-refractivity contribution in [3.63, 3.8) is 0 Å². The first-order valence-corrected chi connectivity index (χ1v) is 6.05. The first kappa shape index (κ1) is 12.2. The van der Waals surface area contributed by atoms with Crippen molar-refractivity contribution in [1.82, 2.24) is 9.78 Å². The highest BCUT2D eigenvalue weighted by atomic mass is 15.3. The molecule has 0 fully saturated rings. The lowest BCUT2D eigenvalue weighted by Crippen LogP contribution is -2.06. The largest absolute Gasteiger partial charge is 0.383 e. The molecule has 0 saturated heterocycles. The predicted molar refractivity (Wildman–Crippen MR) is 70.9 cm³/mol. The molecule has 0 unspecified atom stereocenters. The van der Waals surface area contributed by atoms with E-state index in [0.717, 1.165) is 24.1 Å². The fraction of sp³-hybridized carbons (Fsp3) is 0.286. The molecule has 0 aliphatic carbocycles. The second kappa shape index (κ2) is 5.37. The molecule has 18 heavy (non-hydrogen) atoms. The Morgan fingerprint density at radius 2 is 2.06 bits per heavy atom. The number of nitrogens with two attached hydrogens (primary N) is 1. The molecule has 0 atom stereocenters. The van der Waals surface area contributed by atoms with Crippen molar-refractivity contribution in [2.75, 3.05) is 5.73 Å². The van der Waals surface area contributed by atoms with E-state index in [9.17, 15) is 0 Å². The number of nitrogens with zero attached hydrogens (tertiary/aromatic N) is 3. The lowest BCUT2D eigenvalue weighted by atomic mass is 10.2. The Balaban J connectivity index is 2.32. The summed E-state index contributed by atoms with van der Waals surface area (Å²) in [5, 5.41) is 13.6. The number of aryl methyl sites for hydroxylation is 1. The summed E-state index contributed by atoms with van der Waals surface area (Å²) in [5.41, 5.74) is 8.42. The Labute approximate surface area is 107 Å². The fourth-order valence-corrected chi connectivity index (χ4v) is 1.94. The normalized spacial score (nSPS) is 10.2. The summed E-state index contributed by atoms with van der Waals surface area (Å²) in [7, 11) is 0. The summed E-state index contributed by atoms with van der Waals surface area (Å²) in [4.78, 5) is 0. The van der Waals surface area contributed by atoms with Gasteiger partial charge in [-0.2, -0.15) is 10.4 Å². The zero-order valence-electron chi connectivity index (χ0n) is 10.4. The van der Waals surface area contributed by atoms with E-state index < -0.39 is 0 Å². The number of rotatable bonds is 4. The summed E-state index contributed by atoms with van der Waals surface area (Å²) in [6.45, 7) is 2.67. The standard InChI is InChI=1S/C14H16N4/c1-2-6-13-12(9-15)14(16)18(17-13)10-11-7-4-3-5-8-11/h3-5,7-8H,2,6,10,16H2,1H3. The van der Waals surface area contributed by atoms with Crippen molar-refractivity contribution in [2.45, 2.75) is 26.3 Å². The van der Waals surface area contributed by atoms with Gasteiger partial charge in [-0.05, 0) is 12.0 Å². The molecule has 1 heterocycles. The second-order valence-corrected chi connectivity index (χ2v) is 4.21. The van der Waals surface area contributed by atoms with E-state index >= 15 is 0 Å². The summed E-state index contributed by atoms with van der Waals surface area (Å²) < 4.78 is 1.71. The molecule has 1 aromatic heterocycles. The van der Waals surface area contributed by atoms with Crippen LogP contribution in [0.3, 0.4) is 0 Å². The highest BCUT2D eigenvalue weighted by Crippen LogP contribution is 2.18. The maximum atomic E-state index is 9.12. The van der Waals surface area contributed by atoms with Crippen LogP contribution >= 0.6 is 0 Å². The third kappa shape index (κ3) is 2.35. The number of benzene rings is 1. The van der Waals surface area contributed by atoms with Crippen LogP contribution in [0.4, 0.5) is 5.82 Å². The van der Waals surface area contributed by atoms with Crippen LogP contribution in [-0.2, 0) is 13.0 Å². The average molecular weight is 240 g/mol. The predicted octanol–water partition coefficient (Wildman–Crippen LogP) is 2.34. The monoisotopic (exact) mass is 240 g/mol. The highest BCUT2D eigenvalue weighted by Gasteiger charge is 2.14. The van der Waals surface area contributed by atoms with Crippen molar-refractivity contribution in [2.24, 2.45) is 0 Å². The molecule has 0 aliphatic heterocycles. The van der Waals surface area contributed by atoms with Gasteiger partial charge in [0.2, 0.25) is 0 Å². The zero-order chi connectivity index (χ0) is 13.0. The van der Waals surface area contributed by atoms with E-state index in [0.29, 0.717) is 17.9 Å².